The number of carbonyl (C=O) groups excluding carboxylic acids is 1. The number of anilines is 2. The molecular weight excluding hydrogens is 368 g/mol. The average Bonchev–Trinajstić information content (AvgIpc) is 3.19. The zero-order chi connectivity index (χ0) is 19.3. The summed E-state index contributed by atoms with van der Waals surface area (Å²) >= 11 is 0. The number of nitrogens with one attached hydrogen (secondary N) is 2. The first kappa shape index (κ1) is 19.2. The number of sulfonamides is 1. The van der Waals surface area contributed by atoms with Crippen molar-refractivity contribution in [2.24, 2.45) is 0 Å². The summed E-state index contributed by atoms with van der Waals surface area (Å²) in [5, 5.41) is 2.74. The van der Waals surface area contributed by atoms with Gasteiger partial charge in [-0.05, 0) is 68.3 Å². The van der Waals surface area contributed by atoms with Gasteiger partial charge in [0.15, 0.2) is 0 Å². The molecule has 8 heteroatoms. The lowest BCUT2D eigenvalue weighted by Crippen LogP contribution is -2.26. The summed E-state index contributed by atoms with van der Waals surface area (Å²) in [7, 11) is -3.73. The Labute approximate surface area is 158 Å². The monoisotopic (exact) mass is 390 g/mol. The third kappa shape index (κ3) is 4.99. The molecule has 0 radical (unpaired) electrons. The Morgan fingerprint density at radius 2 is 1.78 bits per heavy atom. The van der Waals surface area contributed by atoms with Crippen molar-refractivity contribution in [1.29, 1.82) is 0 Å². The molecular formula is C19H22N2O5S. The van der Waals surface area contributed by atoms with Crippen molar-refractivity contribution < 1.29 is 22.7 Å². The molecule has 27 heavy (non-hydrogen) atoms. The molecule has 2 aromatic carbocycles. The van der Waals surface area contributed by atoms with E-state index in [0.717, 1.165) is 6.42 Å². The highest BCUT2D eigenvalue weighted by Crippen LogP contribution is 2.21. The molecule has 2 aromatic rings. The van der Waals surface area contributed by atoms with Crippen LogP contribution in [0.4, 0.5) is 11.4 Å². The molecule has 1 fully saturated rings. The number of ether oxygens (including phenoxy) is 2. The highest BCUT2D eigenvalue weighted by molar-refractivity contribution is 7.92. The van der Waals surface area contributed by atoms with Crippen LogP contribution in [0.2, 0.25) is 0 Å². The normalized spacial score (nSPS) is 16.7. The van der Waals surface area contributed by atoms with Crippen LogP contribution in [-0.4, -0.2) is 33.6 Å². The molecule has 0 aromatic heterocycles. The minimum Gasteiger partial charge on any atom is -0.494 e. The lowest BCUT2D eigenvalue weighted by molar-refractivity contribution is -0.124. The average molecular weight is 390 g/mol. The van der Waals surface area contributed by atoms with Crippen LogP contribution in [0.15, 0.2) is 53.4 Å². The summed E-state index contributed by atoms with van der Waals surface area (Å²) in [6.45, 7) is 3.01. The van der Waals surface area contributed by atoms with Gasteiger partial charge < -0.3 is 14.8 Å². The Bertz CT molecular complexity index is 873. The third-order valence-electron chi connectivity index (χ3n) is 4.07. The van der Waals surface area contributed by atoms with Gasteiger partial charge in [-0.25, -0.2) is 8.42 Å². The Morgan fingerprint density at radius 1 is 1.11 bits per heavy atom. The molecule has 1 aliphatic rings. The van der Waals surface area contributed by atoms with E-state index in [0.29, 0.717) is 36.8 Å². The van der Waals surface area contributed by atoms with Crippen molar-refractivity contribution in [3.8, 4) is 5.75 Å². The quantitative estimate of drug-likeness (QED) is 0.758. The zero-order valence-electron chi connectivity index (χ0n) is 15.0. The molecule has 144 valence electrons. The number of amides is 1. The maximum absolute atomic E-state index is 12.5. The molecule has 1 saturated heterocycles. The first-order valence-electron chi connectivity index (χ1n) is 8.76. The van der Waals surface area contributed by atoms with E-state index < -0.39 is 16.1 Å². The van der Waals surface area contributed by atoms with Crippen LogP contribution < -0.4 is 14.8 Å². The second-order valence-corrected chi connectivity index (χ2v) is 7.76. The SMILES string of the molecule is CCOc1ccc(NS(=O)(=O)c2ccc(NC(=O)[C@@H]3CCCO3)cc2)cc1. The van der Waals surface area contributed by atoms with Crippen LogP contribution in [0.3, 0.4) is 0 Å². The fourth-order valence-corrected chi connectivity index (χ4v) is 3.78. The molecule has 7 nitrogen and oxygen atoms in total. The molecule has 0 aliphatic carbocycles. The fourth-order valence-electron chi connectivity index (χ4n) is 2.72. The largest absolute Gasteiger partial charge is 0.494 e. The van der Waals surface area contributed by atoms with Gasteiger partial charge in [0.1, 0.15) is 11.9 Å². The van der Waals surface area contributed by atoms with E-state index in [2.05, 4.69) is 10.0 Å². The first-order chi connectivity index (χ1) is 13.0. The molecule has 0 saturated carbocycles. The van der Waals surface area contributed by atoms with Crippen LogP contribution in [0.5, 0.6) is 5.75 Å². The van der Waals surface area contributed by atoms with Crippen molar-refractivity contribution in [3.05, 3.63) is 48.5 Å². The predicted octanol–water partition coefficient (Wildman–Crippen LogP) is 3.00. The van der Waals surface area contributed by atoms with Gasteiger partial charge >= 0.3 is 0 Å². The Kier molecular flexibility index (Phi) is 5.98. The second kappa shape index (κ2) is 8.41. The summed E-state index contributed by atoms with van der Waals surface area (Å²) < 4.78 is 38.2. The Hall–Kier alpha value is -2.58. The molecule has 0 unspecified atom stereocenters. The van der Waals surface area contributed by atoms with Crippen molar-refractivity contribution in [2.45, 2.75) is 30.8 Å². The molecule has 0 bridgehead atoms. The number of carbonyl (C=O) groups is 1. The Balaban J connectivity index is 1.64. The molecule has 0 spiro atoms. The predicted molar refractivity (Wildman–Crippen MR) is 102 cm³/mol. The molecule has 1 atom stereocenters. The van der Waals surface area contributed by atoms with Gasteiger partial charge in [0.05, 0.1) is 11.5 Å². The van der Waals surface area contributed by atoms with Crippen molar-refractivity contribution >= 4 is 27.3 Å². The maximum atomic E-state index is 12.5. The van der Waals surface area contributed by atoms with Gasteiger partial charge in [-0.2, -0.15) is 0 Å². The lowest BCUT2D eigenvalue weighted by Gasteiger charge is -2.12. The lowest BCUT2D eigenvalue weighted by atomic mass is 10.2. The molecule has 1 amide bonds. The summed E-state index contributed by atoms with van der Waals surface area (Å²) in [5.41, 5.74) is 0.963. The number of rotatable bonds is 7. The van der Waals surface area contributed by atoms with Gasteiger partial charge in [-0.3, -0.25) is 9.52 Å². The summed E-state index contributed by atoms with van der Waals surface area (Å²) in [5.74, 6) is 0.461. The van der Waals surface area contributed by atoms with Crippen LogP contribution in [0.1, 0.15) is 19.8 Å². The fraction of sp³-hybridized carbons (Fsp3) is 0.316. The van der Waals surface area contributed by atoms with Crippen molar-refractivity contribution in [2.75, 3.05) is 23.3 Å². The topological polar surface area (TPSA) is 93.7 Å². The summed E-state index contributed by atoms with van der Waals surface area (Å²) in [6.07, 6.45) is 1.13. The van der Waals surface area contributed by atoms with E-state index >= 15 is 0 Å². The Morgan fingerprint density at radius 3 is 2.37 bits per heavy atom. The second-order valence-electron chi connectivity index (χ2n) is 6.08. The van der Waals surface area contributed by atoms with Crippen molar-refractivity contribution in [1.82, 2.24) is 0 Å². The number of hydrogen-bond acceptors (Lipinski definition) is 5. The van der Waals surface area contributed by atoms with E-state index in [4.69, 9.17) is 9.47 Å². The summed E-state index contributed by atoms with van der Waals surface area (Å²) in [6, 6.07) is 12.7. The van der Waals surface area contributed by atoms with E-state index in [1.807, 2.05) is 6.92 Å². The van der Waals surface area contributed by atoms with Crippen LogP contribution in [-0.2, 0) is 19.6 Å². The maximum Gasteiger partial charge on any atom is 0.261 e. The van der Waals surface area contributed by atoms with E-state index in [1.54, 1.807) is 36.4 Å². The van der Waals surface area contributed by atoms with Gasteiger partial charge in [0.2, 0.25) is 0 Å². The zero-order valence-corrected chi connectivity index (χ0v) is 15.8. The highest BCUT2D eigenvalue weighted by Gasteiger charge is 2.23. The van der Waals surface area contributed by atoms with Crippen LogP contribution >= 0.6 is 0 Å². The van der Waals surface area contributed by atoms with Gasteiger partial charge in [-0.15, -0.1) is 0 Å². The first-order valence-corrected chi connectivity index (χ1v) is 10.2. The van der Waals surface area contributed by atoms with Crippen molar-refractivity contribution in [3.63, 3.8) is 0 Å². The highest BCUT2D eigenvalue weighted by atomic mass is 32.2. The molecule has 1 aliphatic heterocycles. The third-order valence-corrected chi connectivity index (χ3v) is 5.47. The van der Waals surface area contributed by atoms with Gasteiger partial charge in [0.25, 0.3) is 15.9 Å². The number of benzene rings is 2. The minimum atomic E-state index is -3.73. The van der Waals surface area contributed by atoms with E-state index in [-0.39, 0.29) is 10.8 Å². The summed E-state index contributed by atoms with van der Waals surface area (Å²) in [4.78, 5) is 12.1. The standard InChI is InChI=1S/C19H22N2O5S/c1-2-25-16-9-5-15(6-10-16)21-27(23,24)17-11-7-14(8-12-17)20-19(22)18-4-3-13-26-18/h5-12,18,21H,2-4,13H2,1H3,(H,20,22)/t18-/m0/s1. The van der Waals surface area contributed by atoms with Crippen LogP contribution in [0, 0.1) is 0 Å². The molecule has 2 N–H and O–H groups in total. The molecule has 3 rings (SSSR count). The van der Waals surface area contributed by atoms with Gasteiger partial charge in [-0.1, -0.05) is 0 Å². The molecule has 1 heterocycles. The van der Waals surface area contributed by atoms with Crippen LogP contribution in [0.25, 0.3) is 0 Å². The van der Waals surface area contributed by atoms with E-state index in [9.17, 15) is 13.2 Å². The number of hydrogen-bond donors (Lipinski definition) is 2. The van der Waals surface area contributed by atoms with Gasteiger partial charge in [0, 0.05) is 18.0 Å². The smallest absolute Gasteiger partial charge is 0.261 e. The van der Waals surface area contributed by atoms with E-state index in [1.165, 1.54) is 12.1 Å². The minimum absolute atomic E-state index is 0.103.